The summed E-state index contributed by atoms with van der Waals surface area (Å²) >= 11 is 1.69. The van der Waals surface area contributed by atoms with Gasteiger partial charge in [0.1, 0.15) is 12.4 Å². The van der Waals surface area contributed by atoms with Crippen molar-refractivity contribution in [3.8, 4) is 5.75 Å². The Balaban J connectivity index is 1.38. The van der Waals surface area contributed by atoms with E-state index in [2.05, 4.69) is 6.07 Å². The molecule has 0 N–H and O–H groups in total. The number of nitrogens with zero attached hydrogens (tertiary/aromatic N) is 2. The molecular weight excluding hydrogens is 520 g/mol. The predicted octanol–water partition coefficient (Wildman–Crippen LogP) is 4.74. The predicted molar refractivity (Wildman–Crippen MR) is 148 cm³/mol. The third-order valence-electron chi connectivity index (χ3n) is 7.25. The molecule has 202 valence electrons. The Hall–Kier alpha value is -2.72. The average molecular weight is 555 g/mol. The van der Waals surface area contributed by atoms with E-state index in [0.717, 1.165) is 41.7 Å². The highest BCUT2D eigenvalue weighted by atomic mass is 32.2. The van der Waals surface area contributed by atoms with E-state index < -0.39 is 10.0 Å². The van der Waals surface area contributed by atoms with Crippen molar-refractivity contribution < 1.29 is 22.7 Å². The summed E-state index contributed by atoms with van der Waals surface area (Å²) in [7, 11) is -3.89. The number of carbonyl (C=O) groups excluding carboxylic acids is 1. The molecule has 2 aromatic carbocycles. The van der Waals surface area contributed by atoms with Gasteiger partial charge in [0.15, 0.2) is 0 Å². The molecule has 0 aliphatic carbocycles. The fourth-order valence-electron chi connectivity index (χ4n) is 5.05. The molecule has 3 heterocycles. The molecular formula is C29H34N2O5S2. The normalized spacial score (nSPS) is 19.5. The van der Waals surface area contributed by atoms with Gasteiger partial charge < -0.3 is 14.4 Å². The summed E-state index contributed by atoms with van der Waals surface area (Å²) in [4.78, 5) is 17.1. The van der Waals surface area contributed by atoms with Crippen LogP contribution in [0, 0.1) is 13.8 Å². The minimum atomic E-state index is -3.89. The minimum absolute atomic E-state index is 0.157. The molecule has 7 nitrogen and oxygen atoms in total. The second kappa shape index (κ2) is 11.6. The molecule has 2 atom stereocenters. The highest BCUT2D eigenvalue weighted by Gasteiger charge is 2.36. The van der Waals surface area contributed by atoms with Crippen LogP contribution in [0.2, 0.25) is 0 Å². The maximum absolute atomic E-state index is 13.8. The number of rotatable bonds is 9. The zero-order valence-corrected chi connectivity index (χ0v) is 23.5. The lowest BCUT2D eigenvalue weighted by atomic mass is 10.0. The van der Waals surface area contributed by atoms with E-state index in [1.807, 2.05) is 43.5 Å². The number of thiophene rings is 1. The second-order valence-corrected chi connectivity index (χ2v) is 13.0. The summed E-state index contributed by atoms with van der Waals surface area (Å²) in [5, 5.41) is 2.04. The molecule has 1 amide bonds. The molecule has 0 bridgehead atoms. The first-order valence-corrected chi connectivity index (χ1v) is 15.4. The van der Waals surface area contributed by atoms with Crippen LogP contribution in [0.5, 0.6) is 5.75 Å². The number of carbonyl (C=O) groups is 1. The van der Waals surface area contributed by atoms with E-state index in [1.165, 1.54) is 9.18 Å². The first kappa shape index (κ1) is 26.9. The zero-order chi connectivity index (χ0) is 26.7. The van der Waals surface area contributed by atoms with Crippen LogP contribution >= 0.6 is 11.3 Å². The molecule has 3 aromatic rings. The van der Waals surface area contributed by atoms with Crippen LogP contribution in [0.4, 0.5) is 0 Å². The van der Waals surface area contributed by atoms with Gasteiger partial charge in [0.05, 0.1) is 23.6 Å². The van der Waals surface area contributed by atoms with Gasteiger partial charge in [0.2, 0.25) is 15.9 Å². The van der Waals surface area contributed by atoms with Crippen LogP contribution in [0.25, 0.3) is 0 Å². The quantitative estimate of drug-likeness (QED) is 0.382. The molecule has 2 aliphatic rings. The number of ether oxygens (including phenoxy) is 2. The van der Waals surface area contributed by atoms with E-state index >= 15 is 0 Å². The lowest BCUT2D eigenvalue weighted by Gasteiger charge is -2.37. The van der Waals surface area contributed by atoms with Crippen molar-refractivity contribution >= 4 is 27.3 Å². The van der Waals surface area contributed by atoms with Crippen LogP contribution in [-0.2, 0) is 26.0 Å². The van der Waals surface area contributed by atoms with E-state index in [4.69, 9.17) is 9.47 Å². The van der Waals surface area contributed by atoms with Crippen molar-refractivity contribution in [3.63, 3.8) is 0 Å². The van der Waals surface area contributed by atoms with Crippen molar-refractivity contribution in [2.24, 2.45) is 0 Å². The van der Waals surface area contributed by atoms with E-state index in [1.54, 1.807) is 40.5 Å². The Bertz CT molecular complexity index is 1350. The standard InChI is InChI=1S/C29H34N2O5S2/c1-21-5-9-23(10-6-21)36-20-27-26-14-17-37-28(26)13-15-31(27)29(32)19-30(18-24-4-3-16-35-24)38(33,34)25-11-7-22(2)8-12-25/h5-12,14,17,24,27H,3-4,13,15-16,18-20H2,1-2H3. The molecule has 1 fully saturated rings. The van der Waals surface area contributed by atoms with Gasteiger partial charge in [-0.25, -0.2) is 8.42 Å². The lowest BCUT2D eigenvalue weighted by molar-refractivity contribution is -0.135. The summed E-state index contributed by atoms with van der Waals surface area (Å²) in [6.45, 7) is 5.29. The van der Waals surface area contributed by atoms with Crippen LogP contribution in [0.3, 0.4) is 0 Å². The Morgan fingerprint density at radius 2 is 1.79 bits per heavy atom. The zero-order valence-electron chi connectivity index (χ0n) is 21.8. The Morgan fingerprint density at radius 3 is 2.47 bits per heavy atom. The third-order valence-corrected chi connectivity index (χ3v) is 10.1. The molecule has 38 heavy (non-hydrogen) atoms. The van der Waals surface area contributed by atoms with E-state index in [-0.39, 0.29) is 36.0 Å². The summed E-state index contributed by atoms with van der Waals surface area (Å²) < 4.78 is 40.6. The molecule has 2 aliphatic heterocycles. The van der Waals surface area contributed by atoms with E-state index in [9.17, 15) is 13.2 Å². The first-order chi connectivity index (χ1) is 18.3. The Labute approximate surface area is 229 Å². The van der Waals surface area contributed by atoms with Gasteiger partial charge in [-0.3, -0.25) is 4.79 Å². The van der Waals surface area contributed by atoms with Crippen molar-refractivity contribution in [1.82, 2.24) is 9.21 Å². The Morgan fingerprint density at radius 1 is 1.08 bits per heavy atom. The van der Waals surface area contributed by atoms with Crippen molar-refractivity contribution in [2.45, 2.75) is 50.2 Å². The lowest BCUT2D eigenvalue weighted by Crippen LogP contribution is -2.49. The molecule has 0 radical (unpaired) electrons. The van der Waals surface area contributed by atoms with Crippen LogP contribution in [-0.4, -0.2) is 62.5 Å². The van der Waals surface area contributed by atoms with Crippen LogP contribution in [0.15, 0.2) is 64.9 Å². The molecule has 0 spiro atoms. The number of amides is 1. The number of fused-ring (bicyclic) bond motifs is 1. The van der Waals surface area contributed by atoms with Crippen LogP contribution < -0.4 is 4.74 Å². The fourth-order valence-corrected chi connectivity index (χ4v) is 7.40. The van der Waals surface area contributed by atoms with Gasteiger partial charge >= 0.3 is 0 Å². The maximum atomic E-state index is 13.8. The van der Waals surface area contributed by atoms with Gasteiger partial charge in [-0.05, 0) is 74.4 Å². The smallest absolute Gasteiger partial charge is 0.243 e. The molecule has 0 saturated carbocycles. The number of hydrogen-bond acceptors (Lipinski definition) is 6. The highest BCUT2D eigenvalue weighted by Crippen LogP contribution is 2.34. The summed E-state index contributed by atoms with van der Waals surface area (Å²) in [6.07, 6.45) is 2.20. The topological polar surface area (TPSA) is 76.2 Å². The van der Waals surface area contributed by atoms with Gasteiger partial charge in [0.25, 0.3) is 0 Å². The molecule has 9 heteroatoms. The highest BCUT2D eigenvalue weighted by molar-refractivity contribution is 7.89. The number of hydrogen-bond donors (Lipinski definition) is 0. The van der Waals surface area contributed by atoms with Gasteiger partial charge in [-0.1, -0.05) is 35.4 Å². The van der Waals surface area contributed by atoms with Crippen molar-refractivity contribution in [3.05, 3.63) is 81.5 Å². The average Bonchev–Trinajstić information content (AvgIpc) is 3.60. The summed E-state index contributed by atoms with van der Waals surface area (Å²) in [5.74, 6) is 0.514. The number of aryl methyl sites for hydroxylation is 2. The summed E-state index contributed by atoms with van der Waals surface area (Å²) in [6, 6.07) is 16.4. The van der Waals surface area contributed by atoms with Gasteiger partial charge in [-0.2, -0.15) is 4.31 Å². The number of sulfonamides is 1. The molecule has 1 aromatic heterocycles. The van der Waals surface area contributed by atoms with Crippen molar-refractivity contribution in [1.29, 1.82) is 0 Å². The summed E-state index contributed by atoms with van der Waals surface area (Å²) in [5.41, 5.74) is 3.20. The molecule has 5 rings (SSSR count). The monoisotopic (exact) mass is 554 g/mol. The van der Waals surface area contributed by atoms with Gasteiger partial charge in [0, 0.05) is 24.6 Å². The minimum Gasteiger partial charge on any atom is -0.491 e. The number of benzene rings is 2. The maximum Gasteiger partial charge on any atom is 0.243 e. The van der Waals surface area contributed by atoms with Crippen LogP contribution in [0.1, 0.15) is 40.5 Å². The second-order valence-electron chi connectivity index (χ2n) is 10.0. The third kappa shape index (κ3) is 5.96. The van der Waals surface area contributed by atoms with E-state index in [0.29, 0.717) is 19.8 Å². The van der Waals surface area contributed by atoms with Crippen molar-refractivity contribution in [2.75, 3.05) is 32.8 Å². The Kier molecular flexibility index (Phi) is 8.18. The molecule has 2 unspecified atom stereocenters. The molecule has 1 saturated heterocycles. The first-order valence-electron chi connectivity index (χ1n) is 13.0. The fraction of sp³-hybridized carbons (Fsp3) is 0.414. The SMILES string of the molecule is Cc1ccc(OCC2c3ccsc3CCN2C(=O)CN(CC2CCCO2)S(=O)(=O)c2ccc(C)cc2)cc1. The van der Waals surface area contributed by atoms with Gasteiger partial charge in [-0.15, -0.1) is 11.3 Å². The largest absolute Gasteiger partial charge is 0.491 e.